The van der Waals surface area contributed by atoms with E-state index in [0.717, 1.165) is 0 Å². The fraction of sp³-hybridized carbons (Fsp3) is 0.833. The van der Waals surface area contributed by atoms with Gasteiger partial charge in [-0.25, -0.2) is 4.79 Å². The molecule has 2 atom stereocenters. The average Bonchev–Trinajstić information content (AvgIpc) is 1.98. The van der Waals surface area contributed by atoms with Crippen LogP contribution in [0.3, 0.4) is 0 Å². The van der Waals surface area contributed by atoms with E-state index in [-0.39, 0.29) is 6.03 Å². The molecule has 0 radical (unpaired) electrons. The molecular weight excluding hydrogens is 116 g/mol. The molecule has 0 saturated carbocycles. The predicted molar refractivity (Wildman–Crippen MR) is 35.2 cm³/mol. The van der Waals surface area contributed by atoms with Gasteiger partial charge in [0.15, 0.2) is 0 Å². The van der Waals surface area contributed by atoms with E-state index in [4.69, 9.17) is 0 Å². The van der Waals surface area contributed by atoms with Crippen LogP contribution in [0.25, 0.3) is 0 Å². The van der Waals surface area contributed by atoms with Gasteiger partial charge in [0.25, 0.3) is 0 Å². The van der Waals surface area contributed by atoms with Crippen LogP contribution in [0.4, 0.5) is 4.79 Å². The zero-order valence-corrected chi connectivity index (χ0v) is 6.01. The molecule has 1 heterocycles. The fourth-order valence-corrected chi connectivity index (χ4v) is 0.938. The maximum Gasteiger partial charge on any atom is 0.317 e. The van der Waals surface area contributed by atoms with Crippen molar-refractivity contribution in [2.24, 2.45) is 0 Å². The Kier molecular flexibility index (Phi) is 1.35. The quantitative estimate of drug-likeness (QED) is 0.503. The molecular formula is C6H12N2O. The Hall–Kier alpha value is -0.730. The van der Waals surface area contributed by atoms with Gasteiger partial charge in [0.05, 0.1) is 6.04 Å². The molecule has 1 aliphatic heterocycles. The largest absolute Gasteiger partial charge is 0.333 e. The van der Waals surface area contributed by atoms with E-state index in [2.05, 4.69) is 5.32 Å². The molecule has 1 unspecified atom stereocenters. The highest BCUT2D eigenvalue weighted by Gasteiger charge is 2.29. The minimum Gasteiger partial charge on any atom is -0.333 e. The van der Waals surface area contributed by atoms with Crippen molar-refractivity contribution in [3.63, 3.8) is 0 Å². The third kappa shape index (κ3) is 0.866. The summed E-state index contributed by atoms with van der Waals surface area (Å²) in [6, 6.07) is 0.662. The Morgan fingerprint density at radius 3 is 2.22 bits per heavy atom. The van der Waals surface area contributed by atoms with Gasteiger partial charge < -0.3 is 10.2 Å². The van der Waals surface area contributed by atoms with Crippen molar-refractivity contribution < 1.29 is 4.79 Å². The predicted octanol–water partition coefficient (Wildman–Crippen LogP) is 0.418. The van der Waals surface area contributed by atoms with E-state index < -0.39 is 0 Å². The molecule has 1 saturated heterocycles. The molecule has 3 nitrogen and oxygen atoms in total. The highest BCUT2D eigenvalue weighted by atomic mass is 16.2. The lowest BCUT2D eigenvalue weighted by atomic mass is 10.2. The molecule has 1 N–H and O–H groups in total. The Morgan fingerprint density at radius 2 is 2.11 bits per heavy atom. The van der Waals surface area contributed by atoms with Crippen LogP contribution in [0.1, 0.15) is 13.8 Å². The van der Waals surface area contributed by atoms with Crippen LogP contribution in [0.2, 0.25) is 0 Å². The number of hydrogen-bond acceptors (Lipinski definition) is 1. The number of carbonyl (C=O) groups is 1. The van der Waals surface area contributed by atoms with Crippen LogP contribution in [0.15, 0.2) is 0 Å². The number of likely N-dealkylation sites (N-methyl/N-ethyl adjacent to an activating group) is 1. The number of carbonyl (C=O) groups excluding carboxylic acids is 1. The maximum atomic E-state index is 10.8. The molecule has 1 fully saturated rings. The molecule has 1 aliphatic rings. The van der Waals surface area contributed by atoms with E-state index in [1.165, 1.54) is 0 Å². The first-order chi connectivity index (χ1) is 4.13. The summed E-state index contributed by atoms with van der Waals surface area (Å²) in [5, 5.41) is 2.80. The number of rotatable bonds is 0. The molecule has 3 heteroatoms. The van der Waals surface area contributed by atoms with E-state index >= 15 is 0 Å². The topological polar surface area (TPSA) is 32.3 Å². The monoisotopic (exact) mass is 128 g/mol. The first-order valence-electron chi connectivity index (χ1n) is 3.16. The van der Waals surface area contributed by atoms with Crippen molar-refractivity contribution in [1.29, 1.82) is 0 Å². The number of urea groups is 1. The second kappa shape index (κ2) is 1.90. The molecule has 1 rings (SSSR count). The van der Waals surface area contributed by atoms with Gasteiger partial charge in [-0.3, -0.25) is 0 Å². The van der Waals surface area contributed by atoms with Crippen LogP contribution in [-0.2, 0) is 0 Å². The zero-order valence-electron chi connectivity index (χ0n) is 6.01. The van der Waals surface area contributed by atoms with Crippen molar-refractivity contribution in [2.75, 3.05) is 7.05 Å². The summed E-state index contributed by atoms with van der Waals surface area (Å²) in [4.78, 5) is 12.5. The van der Waals surface area contributed by atoms with Gasteiger partial charge in [0.1, 0.15) is 0 Å². The SMILES string of the molecule is CC1[C@@H](C)NC(=O)N1C. The van der Waals surface area contributed by atoms with Crippen LogP contribution in [-0.4, -0.2) is 30.1 Å². The van der Waals surface area contributed by atoms with Gasteiger partial charge >= 0.3 is 6.03 Å². The van der Waals surface area contributed by atoms with Gasteiger partial charge in [-0.1, -0.05) is 0 Å². The number of hydrogen-bond donors (Lipinski definition) is 1. The molecule has 0 aromatic rings. The normalized spacial score (nSPS) is 35.0. The van der Waals surface area contributed by atoms with Gasteiger partial charge in [0.2, 0.25) is 0 Å². The van der Waals surface area contributed by atoms with Crippen molar-refractivity contribution in [3.8, 4) is 0 Å². The number of amides is 2. The standard InChI is InChI=1S/C6H12N2O/c1-4-5(2)8(3)6(9)7-4/h4-5H,1-3H3,(H,7,9)/t4-,5?/m1/s1. The van der Waals surface area contributed by atoms with Gasteiger partial charge in [-0.2, -0.15) is 0 Å². The molecule has 0 spiro atoms. The Morgan fingerprint density at radius 1 is 1.56 bits per heavy atom. The second-order valence-electron chi connectivity index (χ2n) is 2.59. The van der Waals surface area contributed by atoms with E-state index in [0.29, 0.717) is 12.1 Å². The van der Waals surface area contributed by atoms with Crippen LogP contribution >= 0.6 is 0 Å². The minimum absolute atomic E-state index is 0.0370. The summed E-state index contributed by atoms with van der Waals surface area (Å²) < 4.78 is 0. The van der Waals surface area contributed by atoms with Crippen molar-refractivity contribution in [1.82, 2.24) is 10.2 Å². The van der Waals surface area contributed by atoms with Crippen molar-refractivity contribution in [3.05, 3.63) is 0 Å². The third-order valence-electron chi connectivity index (χ3n) is 2.01. The molecule has 2 amide bonds. The van der Waals surface area contributed by atoms with Crippen LogP contribution in [0.5, 0.6) is 0 Å². The second-order valence-corrected chi connectivity index (χ2v) is 2.59. The molecule has 0 bridgehead atoms. The molecule has 0 aromatic heterocycles. The molecule has 0 aromatic carbocycles. The summed E-state index contributed by atoms with van der Waals surface area (Å²) in [6.45, 7) is 4.04. The maximum absolute atomic E-state index is 10.8. The summed E-state index contributed by atoms with van der Waals surface area (Å²) in [5.74, 6) is 0. The molecule has 0 aliphatic carbocycles. The Bertz CT molecular complexity index is 135. The summed E-state index contributed by atoms with van der Waals surface area (Å²) in [7, 11) is 1.81. The van der Waals surface area contributed by atoms with Crippen molar-refractivity contribution >= 4 is 6.03 Å². The highest BCUT2D eigenvalue weighted by molar-refractivity contribution is 5.77. The summed E-state index contributed by atoms with van der Waals surface area (Å²) in [6.07, 6.45) is 0. The first kappa shape index (κ1) is 6.39. The van der Waals surface area contributed by atoms with Crippen LogP contribution < -0.4 is 5.32 Å². The number of nitrogens with zero attached hydrogens (tertiary/aromatic N) is 1. The Labute approximate surface area is 55.0 Å². The summed E-state index contributed by atoms with van der Waals surface area (Å²) in [5.41, 5.74) is 0. The lowest BCUT2D eigenvalue weighted by Gasteiger charge is -2.14. The average molecular weight is 128 g/mol. The first-order valence-corrected chi connectivity index (χ1v) is 3.16. The zero-order chi connectivity index (χ0) is 7.02. The Balaban J connectivity index is 2.65. The third-order valence-corrected chi connectivity index (χ3v) is 2.01. The van der Waals surface area contributed by atoms with Gasteiger partial charge in [-0.05, 0) is 13.8 Å². The fourth-order valence-electron chi connectivity index (χ4n) is 0.938. The number of nitrogens with one attached hydrogen (secondary N) is 1. The van der Waals surface area contributed by atoms with Crippen molar-refractivity contribution in [2.45, 2.75) is 25.9 Å². The van der Waals surface area contributed by atoms with Gasteiger partial charge in [-0.15, -0.1) is 0 Å². The van der Waals surface area contributed by atoms with E-state index in [1.54, 1.807) is 4.90 Å². The highest BCUT2D eigenvalue weighted by Crippen LogP contribution is 2.08. The lowest BCUT2D eigenvalue weighted by molar-refractivity contribution is 0.218. The van der Waals surface area contributed by atoms with E-state index in [9.17, 15) is 4.79 Å². The van der Waals surface area contributed by atoms with Gasteiger partial charge in [0, 0.05) is 13.1 Å². The molecule has 9 heavy (non-hydrogen) atoms. The van der Waals surface area contributed by atoms with E-state index in [1.807, 2.05) is 20.9 Å². The lowest BCUT2D eigenvalue weighted by Crippen LogP contribution is -2.28. The molecule has 52 valence electrons. The smallest absolute Gasteiger partial charge is 0.317 e. The van der Waals surface area contributed by atoms with Crippen LogP contribution in [0, 0.1) is 0 Å². The summed E-state index contributed by atoms with van der Waals surface area (Å²) >= 11 is 0. The minimum atomic E-state index is 0.0370.